The number of benzene rings is 2. The summed E-state index contributed by atoms with van der Waals surface area (Å²) in [6.07, 6.45) is 0. The fraction of sp³-hybridized carbons (Fsp3) is 0.292. The van der Waals surface area contributed by atoms with Crippen LogP contribution in [0.25, 0.3) is 16.3 Å². The topological polar surface area (TPSA) is 102 Å². The second-order valence-corrected chi connectivity index (χ2v) is 7.82. The van der Waals surface area contributed by atoms with E-state index < -0.39 is 18.5 Å². The summed E-state index contributed by atoms with van der Waals surface area (Å²) in [6.45, 7) is 7.41. The van der Waals surface area contributed by atoms with Gasteiger partial charge in [0.25, 0.3) is 5.82 Å². The summed E-state index contributed by atoms with van der Waals surface area (Å²) in [7, 11) is 0. The van der Waals surface area contributed by atoms with E-state index in [2.05, 4.69) is 0 Å². The number of rotatable bonds is 6. The molecule has 4 rings (SSSR count). The second-order valence-electron chi connectivity index (χ2n) is 7.82. The van der Waals surface area contributed by atoms with Crippen molar-refractivity contribution in [3.63, 3.8) is 0 Å². The SMILES string of the molecule is CCn1c(C)c(C)[n+](CC(=O)[O-])c1C(C)=C1Oc2ccc3ccccc3c2N1CC(=O)[O-].[Na+]. The Morgan fingerprint density at radius 3 is 2.39 bits per heavy atom. The molecular weight excluding hydrogens is 433 g/mol. The monoisotopic (exact) mass is 457 g/mol. The summed E-state index contributed by atoms with van der Waals surface area (Å²) in [6, 6.07) is 11.4. The zero-order valence-corrected chi connectivity index (χ0v) is 21.5. The predicted octanol–water partition coefficient (Wildman–Crippen LogP) is -2.34. The van der Waals surface area contributed by atoms with E-state index >= 15 is 0 Å². The number of allylic oxidation sites excluding steroid dienone is 1. The van der Waals surface area contributed by atoms with Crippen molar-refractivity contribution in [2.75, 3.05) is 11.4 Å². The summed E-state index contributed by atoms with van der Waals surface area (Å²) >= 11 is 0. The average Bonchev–Trinajstić information content (AvgIpc) is 3.23. The van der Waals surface area contributed by atoms with E-state index in [9.17, 15) is 19.8 Å². The number of nitrogens with zero attached hydrogens (tertiary/aromatic N) is 3. The van der Waals surface area contributed by atoms with Gasteiger partial charge in [0.2, 0.25) is 5.88 Å². The number of ether oxygens (including phenoxy) is 1. The molecule has 0 aliphatic carbocycles. The molecule has 0 unspecified atom stereocenters. The fourth-order valence-corrected chi connectivity index (χ4v) is 4.48. The maximum atomic E-state index is 11.7. The Bertz CT molecular complexity index is 1290. The standard InChI is InChI=1S/C24H25N3O5.Na/c1-5-25-15(3)16(4)26(12-20(28)29)23(25)14(2)24-27(13-21(30)31)22-18-9-7-6-8-17(18)10-11-19(22)32-24;/h6-11H,5,12-13H2,1-4H3,(H-,28,29,30,31);/q;+1/p-1. The summed E-state index contributed by atoms with van der Waals surface area (Å²) in [5, 5.41) is 25.0. The molecule has 166 valence electrons. The van der Waals surface area contributed by atoms with Gasteiger partial charge in [0.05, 0.1) is 36.3 Å². The summed E-state index contributed by atoms with van der Waals surface area (Å²) in [4.78, 5) is 24.7. The average molecular weight is 457 g/mol. The van der Waals surface area contributed by atoms with Gasteiger partial charge in [0.1, 0.15) is 17.9 Å². The molecule has 0 bridgehead atoms. The number of anilines is 1. The first-order valence-electron chi connectivity index (χ1n) is 10.4. The normalized spacial score (nSPS) is 14.0. The summed E-state index contributed by atoms with van der Waals surface area (Å²) < 4.78 is 9.83. The van der Waals surface area contributed by atoms with E-state index in [-0.39, 0.29) is 36.1 Å². The van der Waals surface area contributed by atoms with Crippen LogP contribution < -0.4 is 54.0 Å². The Morgan fingerprint density at radius 2 is 1.76 bits per heavy atom. The van der Waals surface area contributed by atoms with E-state index in [4.69, 9.17) is 4.74 Å². The van der Waals surface area contributed by atoms with Crippen LogP contribution in [-0.2, 0) is 22.7 Å². The molecule has 0 amide bonds. The number of hydrogen-bond acceptors (Lipinski definition) is 6. The van der Waals surface area contributed by atoms with Crippen molar-refractivity contribution < 1.29 is 58.7 Å². The van der Waals surface area contributed by atoms with Crippen LogP contribution in [0.1, 0.15) is 31.1 Å². The number of carboxylic acids is 2. The minimum atomic E-state index is -1.25. The number of aliphatic carboxylic acids is 2. The summed E-state index contributed by atoms with van der Waals surface area (Å²) in [5.74, 6) is -0.963. The van der Waals surface area contributed by atoms with Crippen molar-refractivity contribution in [3.8, 4) is 5.75 Å². The molecular formula is C24H24N3NaO5. The van der Waals surface area contributed by atoms with Gasteiger partial charge in [-0.25, -0.2) is 9.13 Å². The second kappa shape index (κ2) is 9.59. The van der Waals surface area contributed by atoms with Gasteiger partial charge < -0.3 is 29.4 Å². The van der Waals surface area contributed by atoms with Gasteiger partial charge >= 0.3 is 29.6 Å². The van der Waals surface area contributed by atoms with Gasteiger partial charge in [-0.15, -0.1) is 0 Å². The van der Waals surface area contributed by atoms with Crippen LogP contribution in [0.5, 0.6) is 5.75 Å². The number of imidazole rings is 1. The molecule has 2 heterocycles. The van der Waals surface area contributed by atoms with Crippen LogP contribution in [0.15, 0.2) is 42.3 Å². The molecule has 1 aliphatic heterocycles. The van der Waals surface area contributed by atoms with Crippen LogP contribution in [0.4, 0.5) is 5.69 Å². The molecule has 33 heavy (non-hydrogen) atoms. The van der Waals surface area contributed by atoms with Crippen molar-refractivity contribution in [2.45, 2.75) is 40.8 Å². The van der Waals surface area contributed by atoms with Gasteiger partial charge in [-0.1, -0.05) is 30.3 Å². The molecule has 0 saturated heterocycles. The smallest absolute Gasteiger partial charge is 0.548 e. The van der Waals surface area contributed by atoms with Gasteiger partial charge in [0, 0.05) is 19.2 Å². The number of hydrogen-bond donors (Lipinski definition) is 0. The van der Waals surface area contributed by atoms with E-state index in [0.717, 1.165) is 22.2 Å². The van der Waals surface area contributed by atoms with Crippen LogP contribution in [0.3, 0.4) is 0 Å². The minimum Gasteiger partial charge on any atom is -0.548 e. The number of carboxylic acid groups (broad SMARTS) is 2. The Morgan fingerprint density at radius 1 is 1.06 bits per heavy atom. The molecule has 0 N–H and O–H groups in total. The van der Waals surface area contributed by atoms with Crippen molar-refractivity contribution in [1.29, 1.82) is 0 Å². The van der Waals surface area contributed by atoms with Gasteiger partial charge in [-0.3, -0.25) is 0 Å². The van der Waals surface area contributed by atoms with E-state index in [1.54, 1.807) is 16.4 Å². The molecule has 0 radical (unpaired) electrons. The number of carbonyl (C=O) groups is 2. The van der Waals surface area contributed by atoms with E-state index in [1.807, 2.05) is 61.7 Å². The number of aromatic nitrogens is 2. The Kier molecular flexibility index (Phi) is 7.21. The van der Waals surface area contributed by atoms with Crippen molar-refractivity contribution in [3.05, 3.63) is 59.5 Å². The van der Waals surface area contributed by atoms with Crippen LogP contribution in [0, 0.1) is 13.8 Å². The molecule has 2 aromatic carbocycles. The van der Waals surface area contributed by atoms with E-state index in [0.29, 0.717) is 35.3 Å². The van der Waals surface area contributed by atoms with Gasteiger partial charge in [-0.2, -0.15) is 0 Å². The van der Waals surface area contributed by atoms with Crippen LogP contribution in [-0.4, -0.2) is 23.1 Å². The predicted molar refractivity (Wildman–Crippen MR) is 114 cm³/mol. The molecule has 3 aromatic rings. The molecule has 0 fully saturated rings. The summed E-state index contributed by atoms with van der Waals surface area (Å²) in [5.41, 5.74) is 2.97. The first-order chi connectivity index (χ1) is 15.2. The van der Waals surface area contributed by atoms with Gasteiger partial charge in [0.15, 0.2) is 5.75 Å². The maximum absolute atomic E-state index is 11.7. The maximum Gasteiger partial charge on any atom is 1.00 e. The Balaban J connectivity index is 0.00000306. The molecule has 0 atom stereocenters. The minimum absolute atomic E-state index is 0. The van der Waals surface area contributed by atoms with Crippen LogP contribution >= 0.6 is 0 Å². The van der Waals surface area contributed by atoms with Crippen molar-refractivity contribution in [1.82, 2.24) is 4.57 Å². The molecule has 9 heteroatoms. The van der Waals surface area contributed by atoms with Gasteiger partial charge in [-0.05, 0) is 25.3 Å². The molecule has 1 aliphatic rings. The Labute approximate surface area is 214 Å². The first kappa shape index (κ1) is 24.8. The molecule has 0 saturated carbocycles. The molecule has 1 aromatic heterocycles. The zero-order valence-electron chi connectivity index (χ0n) is 19.5. The number of carbonyl (C=O) groups excluding carboxylic acids is 2. The first-order valence-corrected chi connectivity index (χ1v) is 10.4. The van der Waals surface area contributed by atoms with E-state index in [1.165, 1.54) is 0 Å². The fourth-order valence-electron chi connectivity index (χ4n) is 4.48. The number of fused-ring (bicyclic) bond motifs is 3. The third-order valence-electron chi connectivity index (χ3n) is 5.98. The quantitative estimate of drug-likeness (QED) is 0.304. The third kappa shape index (κ3) is 4.26. The third-order valence-corrected chi connectivity index (χ3v) is 5.98. The zero-order chi connectivity index (χ0) is 23.2. The molecule has 8 nitrogen and oxygen atoms in total. The van der Waals surface area contributed by atoms with Crippen LogP contribution in [0.2, 0.25) is 0 Å². The molecule has 0 spiro atoms. The van der Waals surface area contributed by atoms with Crippen molar-refractivity contribution >= 4 is 34.0 Å². The Hall–Kier alpha value is -2.81. The van der Waals surface area contributed by atoms with Crippen molar-refractivity contribution in [2.24, 2.45) is 0 Å². The largest absolute Gasteiger partial charge is 1.00 e.